The van der Waals surface area contributed by atoms with Crippen molar-refractivity contribution >= 4 is 5.82 Å². The molecule has 2 aliphatic heterocycles. The first kappa shape index (κ1) is 23.2. The molecule has 0 amide bonds. The van der Waals surface area contributed by atoms with Crippen LogP contribution in [0.3, 0.4) is 0 Å². The van der Waals surface area contributed by atoms with Crippen LogP contribution in [0.15, 0.2) is 24.3 Å². The Morgan fingerprint density at radius 1 is 0.969 bits per heavy atom. The third kappa shape index (κ3) is 5.34. The predicted octanol–water partition coefficient (Wildman–Crippen LogP) is 2.85. The molecule has 2 fully saturated rings. The van der Waals surface area contributed by atoms with Crippen LogP contribution < -0.4 is 10.2 Å². The van der Waals surface area contributed by atoms with E-state index in [1.165, 1.54) is 28.2 Å². The van der Waals surface area contributed by atoms with E-state index in [0.29, 0.717) is 12.0 Å². The summed E-state index contributed by atoms with van der Waals surface area (Å²) < 4.78 is 13.3. The zero-order valence-electron chi connectivity index (χ0n) is 20.1. The van der Waals surface area contributed by atoms with Crippen LogP contribution in [0.5, 0.6) is 0 Å². The van der Waals surface area contributed by atoms with Crippen LogP contribution in [-0.2, 0) is 23.1 Å². The van der Waals surface area contributed by atoms with Crippen LogP contribution in [0.4, 0.5) is 5.82 Å². The van der Waals surface area contributed by atoms with Gasteiger partial charge < -0.3 is 19.7 Å². The number of ether oxygens (including phenoxy) is 2. The molecule has 0 saturated carbocycles. The fourth-order valence-corrected chi connectivity index (χ4v) is 4.85. The van der Waals surface area contributed by atoms with Gasteiger partial charge in [0.25, 0.3) is 0 Å². The van der Waals surface area contributed by atoms with Crippen molar-refractivity contribution in [3.8, 4) is 0 Å². The summed E-state index contributed by atoms with van der Waals surface area (Å²) >= 11 is 0. The van der Waals surface area contributed by atoms with E-state index in [1.807, 2.05) is 0 Å². The minimum Gasteiger partial charge on any atom is -0.379 e. The third-order valence-corrected chi connectivity index (χ3v) is 6.59. The van der Waals surface area contributed by atoms with E-state index < -0.39 is 0 Å². The molecule has 7 nitrogen and oxygen atoms in total. The minimum absolute atomic E-state index is 0.338. The number of benzene rings is 1. The highest BCUT2D eigenvalue weighted by Gasteiger charge is 2.26. The summed E-state index contributed by atoms with van der Waals surface area (Å²) in [5, 5.41) is 8.71. The molecule has 32 heavy (non-hydrogen) atoms. The van der Waals surface area contributed by atoms with Crippen LogP contribution in [0.1, 0.15) is 48.2 Å². The largest absolute Gasteiger partial charge is 0.379 e. The summed E-state index contributed by atoms with van der Waals surface area (Å²) in [7, 11) is 2.07. The number of aromatic nitrogens is 2. The van der Waals surface area contributed by atoms with Crippen molar-refractivity contribution in [3.05, 3.63) is 46.6 Å². The highest BCUT2D eigenvalue weighted by molar-refractivity contribution is 5.51. The fourth-order valence-electron chi connectivity index (χ4n) is 4.85. The van der Waals surface area contributed by atoms with Crippen molar-refractivity contribution in [2.24, 2.45) is 7.05 Å². The second kappa shape index (κ2) is 10.8. The zero-order valence-corrected chi connectivity index (χ0v) is 20.1. The quantitative estimate of drug-likeness (QED) is 0.680. The molecule has 2 aliphatic rings. The molecule has 1 unspecified atom stereocenters. The molecule has 0 spiro atoms. The lowest BCUT2D eigenvalue weighted by Crippen LogP contribution is -2.43. The van der Waals surface area contributed by atoms with Gasteiger partial charge in [-0.25, -0.2) is 0 Å². The summed E-state index contributed by atoms with van der Waals surface area (Å²) in [6.07, 6.45) is 0. The average Bonchev–Trinajstić information content (AvgIpc) is 3.15. The van der Waals surface area contributed by atoms with Gasteiger partial charge in [-0.2, -0.15) is 5.10 Å². The van der Waals surface area contributed by atoms with Gasteiger partial charge in [-0.15, -0.1) is 0 Å². The second-order valence-corrected chi connectivity index (χ2v) is 9.27. The van der Waals surface area contributed by atoms with Gasteiger partial charge in [-0.1, -0.05) is 43.7 Å². The van der Waals surface area contributed by atoms with Gasteiger partial charge >= 0.3 is 0 Å². The minimum atomic E-state index is 0.338. The van der Waals surface area contributed by atoms with Gasteiger partial charge in [0.15, 0.2) is 0 Å². The van der Waals surface area contributed by atoms with Gasteiger partial charge in [0.2, 0.25) is 0 Å². The van der Waals surface area contributed by atoms with Gasteiger partial charge in [0, 0.05) is 57.9 Å². The van der Waals surface area contributed by atoms with Gasteiger partial charge in [0.1, 0.15) is 5.82 Å². The summed E-state index contributed by atoms with van der Waals surface area (Å²) in [6.45, 7) is 15.3. The maximum Gasteiger partial charge on any atom is 0.131 e. The third-order valence-electron chi connectivity index (χ3n) is 6.59. The molecular formula is C25H39N5O2. The monoisotopic (exact) mass is 441 g/mol. The van der Waals surface area contributed by atoms with Crippen LogP contribution in [-0.4, -0.2) is 73.8 Å². The average molecular weight is 442 g/mol. The number of morpholine rings is 2. The van der Waals surface area contributed by atoms with E-state index in [-0.39, 0.29) is 0 Å². The summed E-state index contributed by atoms with van der Waals surface area (Å²) in [6, 6.07) is 9.33. The Balaban J connectivity index is 1.52. The van der Waals surface area contributed by atoms with Crippen molar-refractivity contribution in [2.45, 2.75) is 39.3 Å². The Bertz CT molecular complexity index is 852. The Kier molecular flexibility index (Phi) is 7.84. The smallest absolute Gasteiger partial charge is 0.131 e. The molecule has 0 aliphatic carbocycles. The number of hydrogen-bond acceptors (Lipinski definition) is 6. The zero-order chi connectivity index (χ0) is 22.5. The maximum atomic E-state index is 5.62. The van der Waals surface area contributed by atoms with Crippen LogP contribution in [0.2, 0.25) is 0 Å². The Hall–Kier alpha value is -1.93. The standard InChI is InChI=1S/C25H39N5O2/c1-19(2)24-22(25(28(4)27-24)30-11-15-32-16-12-30)17-26-18-23(29-9-13-31-14-10-29)21-7-5-20(3)6-8-21/h5-8,19,23,26H,9-18H2,1-4H3. The topological polar surface area (TPSA) is 54.8 Å². The molecule has 2 aromatic rings. The number of aryl methyl sites for hydroxylation is 2. The van der Waals surface area contributed by atoms with Crippen LogP contribution in [0, 0.1) is 6.92 Å². The highest BCUT2D eigenvalue weighted by atomic mass is 16.5. The SMILES string of the molecule is Cc1ccc(C(CNCc2c(C(C)C)nn(C)c2N2CCOCC2)N2CCOCC2)cc1. The lowest BCUT2D eigenvalue weighted by atomic mass is 10.0. The number of nitrogens with zero attached hydrogens (tertiary/aromatic N) is 4. The molecule has 1 aromatic carbocycles. The van der Waals surface area contributed by atoms with E-state index in [9.17, 15) is 0 Å². The fraction of sp³-hybridized carbons (Fsp3) is 0.640. The van der Waals surface area contributed by atoms with Gasteiger partial charge in [0.05, 0.1) is 32.1 Å². The van der Waals surface area contributed by atoms with Gasteiger partial charge in [-0.05, 0) is 18.4 Å². The first-order valence-electron chi connectivity index (χ1n) is 12.0. The number of hydrogen-bond donors (Lipinski definition) is 1. The summed E-state index contributed by atoms with van der Waals surface area (Å²) in [5.74, 6) is 1.63. The Morgan fingerprint density at radius 2 is 1.59 bits per heavy atom. The Morgan fingerprint density at radius 3 is 2.22 bits per heavy atom. The van der Waals surface area contributed by atoms with E-state index in [0.717, 1.165) is 65.7 Å². The van der Waals surface area contributed by atoms with Crippen LogP contribution >= 0.6 is 0 Å². The molecule has 2 saturated heterocycles. The molecule has 1 aromatic heterocycles. The molecule has 0 radical (unpaired) electrons. The first-order chi connectivity index (χ1) is 15.5. The molecule has 1 N–H and O–H groups in total. The van der Waals surface area contributed by atoms with Gasteiger partial charge in [-0.3, -0.25) is 9.58 Å². The van der Waals surface area contributed by atoms with Crippen molar-refractivity contribution in [3.63, 3.8) is 0 Å². The summed E-state index contributed by atoms with van der Waals surface area (Å²) in [5.41, 5.74) is 5.19. The highest BCUT2D eigenvalue weighted by Crippen LogP contribution is 2.29. The molecule has 3 heterocycles. The van der Waals surface area contributed by atoms with E-state index in [4.69, 9.17) is 14.6 Å². The van der Waals surface area contributed by atoms with Crippen molar-refractivity contribution in [2.75, 3.05) is 64.1 Å². The van der Waals surface area contributed by atoms with Crippen molar-refractivity contribution in [1.82, 2.24) is 20.0 Å². The molecule has 7 heteroatoms. The maximum absolute atomic E-state index is 5.62. The first-order valence-corrected chi connectivity index (χ1v) is 12.0. The molecule has 1 atom stereocenters. The van der Waals surface area contributed by atoms with E-state index in [1.54, 1.807) is 0 Å². The molecule has 4 rings (SSSR count). The predicted molar refractivity (Wildman–Crippen MR) is 128 cm³/mol. The lowest BCUT2D eigenvalue weighted by molar-refractivity contribution is 0.0161. The number of anilines is 1. The van der Waals surface area contributed by atoms with E-state index >= 15 is 0 Å². The summed E-state index contributed by atoms with van der Waals surface area (Å²) in [4.78, 5) is 4.98. The molecular weight excluding hydrogens is 402 g/mol. The molecule has 0 bridgehead atoms. The number of rotatable bonds is 8. The van der Waals surface area contributed by atoms with Crippen molar-refractivity contribution < 1.29 is 9.47 Å². The van der Waals surface area contributed by atoms with E-state index in [2.05, 4.69) is 71.9 Å². The van der Waals surface area contributed by atoms with Crippen LogP contribution in [0.25, 0.3) is 0 Å². The van der Waals surface area contributed by atoms with Crippen molar-refractivity contribution in [1.29, 1.82) is 0 Å². The number of nitrogens with one attached hydrogen (secondary N) is 1. The lowest BCUT2D eigenvalue weighted by Gasteiger charge is -2.35. The molecule has 176 valence electrons. The second-order valence-electron chi connectivity index (χ2n) is 9.27. The Labute approximate surface area is 192 Å². The normalized spacial score (nSPS) is 19.0.